The fourth-order valence-corrected chi connectivity index (χ4v) is 3.86. The minimum atomic E-state index is -1.70. The lowest BCUT2D eigenvalue weighted by molar-refractivity contribution is -0.277. The molecule has 0 bridgehead atoms. The third-order valence-electron chi connectivity index (χ3n) is 5.45. The van der Waals surface area contributed by atoms with Crippen LogP contribution in [0.1, 0.15) is 5.56 Å². The summed E-state index contributed by atoms with van der Waals surface area (Å²) < 4.78 is 11.3. The standard InChI is InChI=1S/C21H22O10/c22-6-8-4-10-15(12(25)5-8)17(27)14-9(2-1-3-11(14)24)20(10)31-21-19(29)18(28)16(26)13(7-23)30-21/h1-5,13,16,18-19,21-29H,6-7H2/t13-,16+,18-,19-,21+/m1/s1. The monoisotopic (exact) mass is 434 g/mol. The highest BCUT2D eigenvalue weighted by Crippen LogP contribution is 2.49. The second kappa shape index (κ2) is 8.00. The summed E-state index contributed by atoms with van der Waals surface area (Å²) in [5.74, 6) is -1.15. The number of ether oxygens (including phenoxy) is 2. The molecular weight excluding hydrogens is 412 g/mol. The minimum Gasteiger partial charge on any atom is -0.507 e. The molecule has 10 nitrogen and oxygen atoms in total. The Labute approximate surface area is 175 Å². The molecule has 5 atom stereocenters. The first-order chi connectivity index (χ1) is 14.8. The zero-order chi connectivity index (χ0) is 22.4. The number of rotatable bonds is 4. The largest absolute Gasteiger partial charge is 0.507 e. The molecule has 0 spiro atoms. The quantitative estimate of drug-likeness (QED) is 0.256. The van der Waals surface area contributed by atoms with E-state index in [4.69, 9.17) is 9.47 Å². The number of hydrogen-bond acceptors (Lipinski definition) is 10. The van der Waals surface area contributed by atoms with Gasteiger partial charge in [-0.05, 0) is 23.8 Å². The molecule has 4 rings (SSSR count). The van der Waals surface area contributed by atoms with Crippen LogP contribution < -0.4 is 4.74 Å². The summed E-state index contributed by atoms with van der Waals surface area (Å²) in [6.07, 6.45) is -7.73. The third-order valence-corrected chi connectivity index (χ3v) is 5.45. The van der Waals surface area contributed by atoms with Crippen molar-refractivity contribution in [2.75, 3.05) is 6.61 Å². The molecule has 0 amide bonds. The lowest BCUT2D eigenvalue weighted by Crippen LogP contribution is -2.60. The highest BCUT2D eigenvalue weighted by atomic mass is 16.7. The molecule has 3 aromatic rings. The zero-order valence-electron chi connectivity index (χ0n) is 16.1. The molecule has 31 heavy (non-hydrogen) atoms. The van der Waals surface area contributed by atoms with Gasteiger partial charge in [0, 0.05) is 10.8 Å². The summed E-state index contributed by atoms with van der Waals surface area (Å²) in [7, 11) is 0. The maximum Gasteiger partial charge on any atom is 0.229 e. The van der Waals surface area contributed by atoms with Crippen LogP contribution in [0, 0.1) is 0 Å². The summed E-state index contributed by atoms with van der Waals surface area (Å²) >= 11 is 0. The van der Waals surface area contributed by atoms with Crippen molar-refractivity contribution in [3.05, 3.63) is 35.9 Å². The van der Waals surface area contributed by atoms with Crippen LogP contribution >= 0.6 is 0 Å². The smallest absolute Gasteiger partial charge is 0.229 e. The van der Waals surface area contributed by atoms with Crippen LogP contribution in [-0.2, 0) is 11.3 Å². The highest BCUT2D eigenvalue weighted by Gasteiger charge is 2.45. The summed E-state index contributed by atoms with van der Waals surface area (Å²) in [5, 5.41) is 81.1. The molecule has 0 aromatic heterocycles. The van der Waals surface area contributed by atoms with Gasteiger partial charge < -0.3 is 50.3 Å². The van der Waals surface area contributed by atoms with Crippen molar-refractivity contribution < 1.29 is 50.3 Å². The van der Waals surface area contributed by atoms with Crippen LogP contribution in [0.25, 0.3) is 21.5 Å². The first kappa shape index (κ1) is 21.4. The fraction of sp³-hybridized carbons (Fsp3) is 0.333. The van der Waals surface area contributed by atoms with Gasteiger partial charge in [0.05, 0.1) is 24.0 Å². The van der Waals surface area contributed by atoms with Crippen molar-refractivity contribution in [1.29, 1.82) is 0 Å². The number of aliphatic hydroxyl groups excluding tert-OH is 5. The number of fused-ring (bicyclic) bond motifs is 2. The molecule has 0 unspecified atom stereocenters. The summed E-state index contributed by atoms with van der Waals surface area (Å²) in [4.78, 5) is 0. The molecule has 0 radical (unpaired) electrons. The van der Waals surface area contributed by atoms with Crippen LogP contribution in [0.3, 0.4) is 0 Å². The summed E-state index contributed by atoms with van der Waals surface area (Å²) in [6, 6.07) is 7.00. The van der Waals surface area contributed by atoms with E-state index in [-0.39, 0.29) is 38.8 Å². The van der Waals surface area contributed by atoms with Gasteiger partial charge in [-0.2, -0.15) is 0 Å². The Morgan fingerprint density at radius 3 is 2.23 bits per heavy atom. The van der Waals surface area contributed by atoms with Crippen molar-refractivity contribution in [3.63, 3.8) is 0 Å². The van der Waals surface area contributed by atoms with Crippen LogP contribution in [0.5, 0.6) is 23.0 Å². The predicted octanol–water partition coefficient (Wildman–Crippen LogP) is -0.219. The molecule has 1 aliphatic heterocycles. The molecule has 1 aliphatic rings. The molecular formula is C21H22O10. The van der Waals surface area contributed by atoms with Gasteiger partial charge in [0.25, 0.3) is 0 Å². The minimum absolute atomic E-state index is 0.0337. The van der Waals surface area contributed by atoms with E-state index in [1.807, 2.05) is 0 Å². The van der Waals surface area contributed by atoms with Crippen molar-refractivity contribution in [2.24, 2.45) is 0 Å². The molecule has 0 aliphatic carbocycles. The first-order valence-corrected chi connectivity index (χ1v) is 9.48. The van der Waals surface area contributed by atoms with Crippen molar-refractivity contribution in [2.45, 2.75) is 37.3 Å². The Balaban J connectivity index is 1.96. The highest BCUT2D eigenvalue weighted by molar-refractivity contribution is 6.14. The second-order valence-corrected chi connectivity index (χ2v) is 7.39. The van der Waals surface area contributed by atoms with Gasteiger partial charge >= 0.3 is 0 Å². The van der Waals surface area contributed by atoms with Gasteiger partial charge in [0.2, 0.25) is 6.29 Å². The van der Waals surface area contributed by atoms with E-state index >= 15 is 0 Å². The Kier molecular flexibility index (Phi) is 5.52. The Hall–Kier alpha value is -2.86. The number of phenols is 3. The lowest BCUT2D eigenvalue weighted by atomic mass is 9.97. The van der Waals surface area contributed by atoms with E-state index in [0.717, 1.165) is 0 Å². The van der Waals surface area contributed by atoms with Gasteiger partial charge in [-0.1, -0.05) is 12.1 Å². The van der Waals surface area contributed by atoms with Gasteiger partial charge in [-0.15, -0.1) is 0 Å². The Morgan fingerprint density at radius 2 is 1.55 bits per heavy atom. The average molecular weight is 434 g/mol. The molecule has 0 saturated carbocycles. The molecule has 1 heterocycles. The Morgan fingerprint density at radius 1 is 0.839 bits per heavy atom. The van der Waals surface area contributed by atoms with Crippen LogP contribution in [-0.4, -0.2) is 78.2 Å². The maximum absolute atomic E-state index is 10.7. The number of aliphatic hydroxyl groups is 5. The van der Waals surface area contributed by atoms with E-state index in [0.29, 0.717) is 5.56 Å². The molecule has 1 fully saturated rings. The van der Waals surface area contributed by atoms with E-state index in [9.17, 15) is 40.9 Å². The molecule has 10 heteroatoms. The lowest BCUT2D eigenvalue weighted by Gasteiger charge is -2.39. The van der Waals surface area contributed by atoms with E-state index in [2.05, 4.69) is 0 Å². The number of phenolic OH excluding ortho intramolecular Hbond substituents is 3. The summed E-state index contributed by atoms with van der Waals surface area (Å²) in [6.45, 7) is -1.08. The fourth-order valence-electron chi connectivity index (χ4n) is 3.86. The van der Waals surface area contributed by atoms with Crippen molar-refractivity contribution >= 4 is 21.5 Å². The van der Waals surface area contributed by atoms with Gasteiger partial charge in [-0.25, -0.2) is 0 Å². The normalized spacial score (nSPS) is 26.4. The molecule has 8 N–H and O–H groups in total. The summed E-state index contributed by atoms with van der Waals surface area (Å²) in [5.41, 5.74) is 0.294. The van der Waals surface area contributed by atoms with E-state index in [1.54, 1.807) is 0 Å². The SMILES string of the molecule is OCc1cc(O)c2c(O)c3c(O)cccc3c(O[C@@H]3O[C@H](CO)[C@H](O)[C@@H](O)[C@H]3O)c2c1. The Bertz CT molecular complexity index is 1130. The van der Waals surface area contributed by atoms with Crippen LogP contribution in [0.2, 0.25) is 0 Å². The zero-order valence-corrected chi connectivity index (χ0v) is 16.1. The van der Waals surface area contributed by atoms with Crippen LogP contribution in [0.4, 0.5) is 0 Å². The van der Waals surface area contributed by atoms with E-state index in [1.165, 1.54) is 30.3 Å². The molecule has 3 aromatic carbocycles. The van der Waals surface area contributed by atoms with Gasteiger partial charge in [0.15, 0.2) is 0 Å². The van der Waals surface area contributed by atoms with Crippen molar-refractivity contribution in [1.82, 2.24) is 0 Å². The number of benzene rings is 3. The molecule has 166 valence electrons. The number of aromatic hydroxyl groups is 3. The second-order valence-electron chi connectivity index (χ2n) is 7.39. The predicted molar refractivity (Wildman–Crippen MR) is 107 cm³/mol. The average Bonchev–Trinajstić information content (AvgIpc) is 2.75. The van der Waals surface area contributed by atoms with Crippen LogP contribution in [0.15, 0.2) is 30.3 Å². The topological polar surface area (TPSA) is 180 Å². The van der Waals surface area contributed by atoms with Gasteiger partial charge in [0.1, 0.15) is 47.4 Å². The van der Waals surface area contributed by atoms with Gasteiger partial charge in [-0.3, -0.25) is 0 Å². The first-order valence-electron chi connectivity index (χ1n) is 9.48. The maximum atomic E-state index is 10.7. The third kappa shape index (κ3) is 3.39. The number of hydrogen-bond donors (Lipinski definition) is 8. The van der Waals surface area contributed by atoms with Crippen molar-refractivity contribution in [3.8, 4) is 23.0 Å². The van der Waals surface area contributed by atoms with E-state index < -0.39 is 49.7 Å². The molecule has 1 saturated heterocycles.